The van der Waals surface area contributed by atoms with E-state index < -0.39 is 0 Å². The predicted molar refractivity (Wildman–Crippen MR) is 77.9 cm³/mol. The molecule has 0 radical (unpaired) electrons. The van der Waals surface area contributed by atoms with Crippen molar-refractivity contribution in [1.82, 2.24) is 0 Å². The number of hydrogen-bond donors (Lipinski definition) is 1. The van der Waals surface area contributed by atoms with Gasteiger partial charge in [-0.25, -0.2) is 0 Å². The highest BCUT2D eigenvalue weighted by molar-refractivity contribution is 5.54. The molecule has 0 spiro atoms. The van der Waals surface area contributed by atoms with Crippen LogP contribution in [-0.4, -0.2) is 14.1 Å². The number of para-hydroxylation sites is 1. The zero-order chi connectivity index (χ0) is 13.0. The molecule has 0 aliphatic heterocycles. The van der Waals surface area contributed by atoms with Crippen LogP contribution < -0.4 is 10.6 Å². The fourth-order valence-corrected chi connectivity index (χ4v) is 2.18. The summed E-state index contributed by atoms with van der Waals surface area (Å²) in [5.41, 5.74) is 10.8. The molecule has 2 N–H and O–H groups in total. The molecule has 0 unspecified atom stereocenters. The van der Waals surface area contributed by atoms with Crippen molar-refractivity contribution in [3.8, 4) is 0 Å². The van der Waals surface area contributed by atoms with E-state index >= 15 is 0 Å². The fraction of sp³-hybridized carbons (Fsp3) is 0.250. The van der Waals surface area contributed by atoms with E-state index in [1.165, 1.54) is 22.4 Å². The number of anilines is 1. The fourth-order valence-electron chi connectivity index (χ4n) is 2.18. The zero-order valence-electron chi connectivity index (χ0n) is 11.1. The second-order valence-corrected chi connectivity index (χ2v) is 4.72. The van der Waals surface area contributed by atoms with E-state index in [4.69, 9.17) is 5.73 Å². The van der Waals surface area contributed by atoms with Gasteiger partial charge in [0.1, 0.15) is 0 Å². The smallest absolute Gasteiger partial charge is 0.0396 e. The van der Waals surface area contributed by atoms with Crippen molar-refractivity contribution in [3.63, 3.8) is 0 Å². The topological polar surface area (TPSA) is 29.3 Å². The Hall–Kier alpha value is -1.80. The van der Waals surface area contributed by atoms with E-state index in [2.05, 4.69) is 67.5 Å². The van der Waals surface area contributed by atoms with Crippen LogP contribution in [0.25, 0.3) is 0 Å². The largest absolute Gasteiger partial charge is 0.377 e. The van der Waals surface area contributed by atoms with Crippen molar-refractivity contribution in [1.29, 1.82) is 0 Å². The average molecular weight is 240 g/mol. The van der Waals surface area contributed by atoms with Gasteiger partial charge >= 0.3 is 0 Å². The van der Waals surface area contributed by atoms with E-state index in [1.54, 1.807) is 0 Å². The minimum Gasteiger partial charge on any atom is -0.377 e. The first-order valence-corrected chi connectivity index (χ1v) is 6.24. The van der Waals surface area contributed by atoms with E-state index in [9.17, 15) is 0 Å². The Morgan fingerprint density at radius 3 is 2.39 bits per heavy atom. The van der Waals surface area contributed by atoms with Crippen molar-refractivity contribution in [2.75, 3.05) is 19.0 Å². The van der Waals surface area contributed by atoms with Crippen LogP contribution >= 0.6 is 0 Å². The molecule has 2 heteroatoms. The maximum absolute atomic E-state index is 5.68. The molecule has 94 valence electrons. The lowest BCUT2D eigenvalue weighted by molar-refractivity contribution is 1.05. The summed E-state index contributed by atoms with van der Waals surface area (Å²) in [7, 11) is 4.16. The van der Waals surface area contributed by atoms with Crippen LogP contribution in [-0.2, 0) is 13.0 Å². The number of nitrogens with two attached hydrogens (primary N) is 1. The van der Waals surface area contributed by atoms with Crippen LogP contribution in [0, 0.1) is 0 Å². The minimum absolute atomic E-state index is 0.600. The van der Waals surface area contributed by atoms with Gasteiger partial charge in [-0.15, -0.1) is 0 Å². The summed E-state index contributed by atoms with van der Waals surface area (Å²) in [6.07, 6.45) is 0.947. The van der Waals surface area contributed by atoms with Crippen molar-refractivity contribution in [2.45, 2.75) is 13.0 Å². The van der Waals surface area contributed by atoms with Crippen molar-refractivity contribution >= 4 is 5.69 Å². The van der Waals surface area contributed by atoms with Crippen LogP contribution in [0.5, 0.6) is 0 Å². The van der Waals surface area contributed by atoms with Crippen molar-refractivity contribution in [3.05, 3.63) is 65.2 Å². The molecule has 0 aromatic heterocycles. The maximum atomic E-state index is 5.68. The molecule has 0 fully saturated rings. The van der Waals surface area contributed by atoms with Gasteiger partial charge in [-0.3, -0.25) is 0 Å². The van der Waals surface area contributed by atoms with Gasteiger partial charge in [0.05, 0.1) is 0 Å². The van der Waals surface area contributed by atoms with E-state index in [-0.39, 0.29) is 0 Å². The van der Waals surface area contributed by atoms with Gasteiger partial charge in [0.15, 0.2) is 0 Å². The Kier molecular flexibility index (Phi) is 4.00. The monoisotopic (exact) mass is 240 g/mol. The molecule has 0 aliphatic rings. The highest BCUT2D eigenvalue weighted by Crippen LogP contribution is 2.21. The Bertz CT molecular complexity index is 518. The number of rotatable bonds is 4. The van der Waals surface area contributed by atoms with Gasteiger partial charge in [-0.2, -0.15) is 0 Å². The van der Waals surface area contributed by atoms with Gasteiger partial charge in [0.25, 0.3) is 0 Å². The Morgan fingerprint density at radius 2 is 1.67 bits per heavy atom. The summed E-state index contributed by atoms with van der Waals surface area (Å²) >= 11 is 0. The molecule has 0 heterocycles. The summed E-state index contributed by atoms with van der Waals surface area (Å²) in [6, 6.07) is 17.0. The van der Waals surface area contributed by atoms with E-state index in [1.807, 2.05) is 0 Å². The molecule has 0 amide bonds. The van der Waals surface area contributed by atoms with Crippen LogP contribution in [0.15, 0.2) is 48.5 Å². The van der Waals surface area contributed by atoms with Gasteiger partial charge < -0.3 is 10.6 Å². The summed E-state index contributed by atoms with van der Waals surface area (Å²) in [5, 5.41) is 0. The van der Waals surface area contributed by atoms with Crippen LogP contribution in [0.2, 0.25) is 0 Å². The first-order chi connectivity index (χ1) is 8.70. The highest BCUT2D eigenvalue weighted by atomic mass is 15.1. The second-order valence-electron chi connectivity index (χ2n) is 4.72. The molecule has 2 aromatic rings. The molecule has 18 heavy (non-hydrogen) atoms. The third-order valence-electron chi connectivity index (χ3n) is 3.10. The molecule has 2 aromatic carbocycles. The molecule has 2 nitrogen and oxygen atoms in total. The van der Waals surface area contributed by atoms with Gasteiger partial charge in [-0.05, 0) is 29.2 Å². The lowest BCUT2D eigenvalue weighted by Gasteiger charge is -2.17. The molecule has 0 atom stereocenters. The summed E-state index contributed by atoms with van der Waals surface area (Å²) < 4.78 is 0. The summed E-state index contributed by atoms with van der Waals surface area (Å²) in [4.78, 5) is 2.15. The molecular weight excluding hydrogens is 220 g/mol. The first kappa shape index (κ1) is 12.7. The van der Waals surface area contributed by atoms with Crippen LogP contribution in [0.1, 0.15) is 16.7 Å². The Morgan fingerprint density at radius 1 is 0.944 bits per heavy atom. The van der Waals surface area contributed by atoms with Gasteiger partial charge in [-0.1, -0.05) is 42.5 Å². The van der Waals surface area contributed by atoms with Gasteiger partial charge in [0.2, 0.25) is 0 Å². The number of hydrogen-bond acceptors (Lipinski definition) is 2. The van der Waals surface area contributed by atoms with E-state index in [0.717, 1.165) is 6.42 Å². The number of nitrogens with zero attached hydrogens (tertiary/aromatic N) is 1. The predicted octanol–water partition coefficient (Wildman–Crippen LogP) is 2.80. The molecule has 0 saturated carbocycles. The minimum atomic E-state index is 0.600. The normalized spacial score (nSPS) is 10.4. The van der Waals surface area contributed by atoms with Crippen molar-refractivity contribution < 1.29 is 0 Å². The Balaban J connectivity index is 2.28. The van der Waals surface area contributed by atoms with E-state index in [0.29, 0.717) is 6.54 Å². The third kappa shape index (κ3) is 2.90. The molecule has 0 aliphatic carbocycles. The van der Waals surface area contributed by atoms with Crippen molar-refractivity contribution in [2.24, 2.45) is 5.73 Å². The lowest BCUT2D eigenvalue weighted by Crippen LogP contribution is -2.11. The van der Waals surface area contributed by atoms with Crippen LogP contribution in [0.4, 0.5) is 5.69 Å². The highest BCUT2D eigenvalue weighted by Gasteiger charge is 2.04. The van der Waals surface area contributed by atoms with Crippen LogP contribution in [0.3, 0.4) is 0 Å². The quantitative estimate of drug-likeness (QED) is 0.890. The zero-order valence-corrected chi connectivity index (χ0v) is 11.1. The Labute approximate surface area is 109 Å². The molecule has 0 bridgehead atoms. The standard InChI is InChI=1S/C16H20N2/c1-18(2)16-9-4-3-8-15(16)11-13-6-5-7-14(10-13)12-17/h3-10H,11-12,17H2,1-2H3. The molecular formula is C16H20N2. The summed E-state index contributed by atoms with van der Waals surface area (Å²) in [6.45, 7) is 0.600. The summed E-state index contributed by atoms with van der Waals surface area (Å²) in [5.74, 6) is 0. The van der Waals surface area contributed by atoms with Gasteiger partial charge in [0, 0.05) is 26.3 Å². The first-order valence-electron chi connectivity index (χ1n) is 6.24. The average Bonchev–Trinajstić information content (AvgIpc) is 2.39. The SMILES string of the molecule is CN(C)c1ccccc1Cc1cccc(CN)c1. The number of benzene rings is 2. The molecule has 0 saturated heterocycles. The third-order valence-corrected chi connectivity index (χ3v) is 3.10. The lowest BCUT2D eigenvalue weighted by atomic mass is 10.0. The second kappa shape index (κ2) is 5.69. The maximum Gasteiger partial charge on any atom is 0.0396 e. The molecule has 2 rings (SSSR count).